The van der Waals surface area contributed by atoms with Crippen molar-refractivity contribution in [3.63, 3.8) is 0 Å². The number of carbonyl (C=O) groups excluding carboxylic acids is 1. The maximum Gasteiger partial charge on any atom is 0.237 e. The van der Waals surface area contributed by atoms with Crippen LogP contribution in [0.1, 0.15) is 50.4 Å². The molecule has 1 heterocycles. The first-order valence-corrected chi connectivity index (χ1v) is 9.66. The number of hydrogen-bond acceptors (Lipinski definition) is 4. The van der Waals surface area contributed by atoms with Crippen molar-refractivity contribution < 1.29 is 9.18 Å². The topological polar surface area (TPSA) is 59.8 Å². The molecule has 2 aromatic rings. The van der Waals surface area contributed by atoms with Crippen LogP contribution in [0.4, 0.5) is 10.1 Å². The zero-order valence-electron chi connectivity index (χ0n) is 13.7. The maximum atomic E-state index is 13.1. The first kappa shape index (κ1) is 16.8. The Hall–Kier alpha value is -1.60. The maximum absolute atomic E-state index is 13.1. The van der Waals surface area contributed by atoms with Crippen molar-refractivity contribution in [1.29, 1.82) is 0 Å². The Morgan fingerprint density at radius 3 is 2.76 bits per heavy atom. The molecule has 0 aliphatic heterocycles. The van der Waals surface area contributed by atoms with Crippen LogP contribution in [0.15, 0.2) is 23.4 Å². The van der Waals surface area contributed by atoms with Crippen LogP contribution in [0.25, 0.3) is 0 Å². The monoisotopic (exact) mass is 380 g/mol. The molecule has 2 saturated carbocycles. The predicted octanol–water partition coefficient (Wildman–Crippen LogP) is 4.40. The van der Waals surface area contributed by atoms with Gasteiger partial charge in [0, 0.05) is 12.0 Å². The average Bonchev–Trinajstić information content (AvgIpc) is 3.49. The molecule has 1 N–H and O–H groups in total. The minimum Gasteiger partial charge on any atom is -0.324 e. The van der Waals surface area contributed by atoms with E-state index in [1.807, 2.05) is 6.92 Å². The molecular formula is C17H18ClFN4OS. The van der Waals surface area contributed by atoms with Crippen LogP contribution in [0.5, 0.6) is 0 Å². The van der Waals surface area contributed by atoms with E-state index in [9.17, 15) is 9.18 Å². The fourth-order valence-corrected chi connectivity index (χ4v) is 3.84. The molecule has 25 heavy (non-hydrogen) atoms. The molecule has 1 amide bonds. The summed E-state index contributed by atoms with van der Waals surface area (Å²) in [4.78, 5) is 12.5. The van der Waals surface area contributed by atoms with Crippen LogP contribution in [0.3, 0.4) is 0 Å². The molecule has 4 rings (SSSR count). The van der Waals surface area contributed by atoms with E-state index in [2.05, 4.69) is 20.1 Å². The Balaban J connectivity index is 1.46. The summed E-state index contributed by atoms with van der Waals surface area (Å²) in [6.07, 6.45) is 4.65. The third kappa shape index (κ3) is 3.67. The summed E-state index contributed by atoms with van der Waals surface area (Å²) in [7, 11) is 0. The van der Waals surface area contributed by atoms with Crippen molar-refractivity contribution in [3.8, 4) is 0 Å². The number of nitrogens with one attached hydrogen (secondary N) is 1. The molecule has 0 spiro atoms. The summed E-state index contributed by atoms with van der Waals surface area (Å²) in [5.74, 6) is 0.969. The van der Waals surface area contributed by atoms with E-state index in [1.165, 1.54) is 42.8 Å². The summed E-state index contributed by atoms with van der Waals surface area (Å²) >= 11 is 7.37. The smallest absolute Gasteiger partial charge is 0.237 e. The molecule has 1 aromatic heterocycles. The van der Waals surface area contributed by atoms with E-state index in [0.717, 1.165) is 23.8 Å². The second kappa shape index (κ2) is 6.61. The lowest BCUT2D eigenvalue weighted by molar-refractivity contribution is -0.115. The number of rotatable bonds is 6. The lowest BCUT2D eigenvalue weighted by Crippen LogP contribution is -2.23. The Morgan fingerprint density at radius 2 is 2.12 bits per heavy atom. The predicted molar refractivity (Wildman–Crippen MR) is 95.6 cm³/mol. The number of thioether (sulfide) groups is 1. The summed E-state index contributed by atoms with van der Waals surface area (Å²) in [6, 6.07) is 4.39. The van der Waals surface area contributed by atoms with Gasteiger partial charge in [-0.05, 0) is 50.8 Å². The van der Waals surface area contributed by atoms with Gasteiger partial charge in [-0.1, -0.05) is 23.4 Å². The normalized spacial score (nSPS) is 18.2. The van der Waals surface area contributed by atoms with Gasteiger partial charge in [0.2, 0.25) is 5.91 Å². The number of aromatic nitrogens is 3. The van der Waals surface area contributed by atoms with Crippen LogP contribution in [-0.2, 0) is 4.79 Å². The molecule has 1 unspecified atom stereocenters. The number of anilines is 1. The third-order valence-electron chi connectivity index (χ3n) is 4.39. The minimum absolute atomic E-state index is 0.183. The first-order chi connectivity index (χ1) is 12.0. The standard InChI is InChI=1S/C17H18ClFN4OS/c1-9(16(24)20-14-7-4-11(19)8-13(14)18)25-17-22-21-15(10-2-3-10)23(17)12-5-6-12/h4,7-10,12H,2-3,5-6H2,1H3,(H,20,24). The van der Waals surface area contributed by atoms with E-state index in [0.29, 0.717) is 17.6 Å². The second-order valence-electron chi connectivity index (χ2n) is 6.59. The number of carbonyl (C=O) groups is 1. The summed E-state index contributed by atoms with van der Waals surface area (Å²) in [5.41, 5.74) is 0.405. The van der Waals surface area contributed by atoms with Gasteiger partial charge >= 0.3 is 0 Å². The number of nitrogens with zero attached hydrogens (tertiary/aromatic N) is 3. The van der Waals surface area contributed by atoms with E-state index in [-0.39, 0.29) is 16.2 Å². The highest BCUT2D eigenvalue weighted by Gasteiger charge is 2.37. The third-order valence-corrected chi connectivity index (χ3v) is 5.76. The molecule has 2 aliphatic rings. The minimum atomic E-state index is -0.435. The Morgan fingerprint density at radius 1 is 1.36 bits per heavy atom. The molecule has 2 fully saturated rings. The Bertz CT molecular complexity index is 819. The van der Waals surface area contributed by atoms with E-state index >= 15 is 0 Å². The molecule has 0 saturated heterocycles. The highest BCUT2D eigenvalue weighted by Crippen LogP contribution is 2.46. The van der Waals surface area contributed by atoms with Crippen LogP contribution < -0.4 is 5.32 Å². The lowest BCUT2D eigenvalue weighted by atomic mass is 10.3. The van der Waals surface area contributed by atoms with Crippen LogP contribution >= 0.6 is 23.4 Å². The highest BCUT2D eigenvalue weighted by molar-refractivity contribution is 8.00. The molecule has 0 bridgehead atoms. The van der Waals surface area contributed by atoms with Gasteiger partial charge in [0.15, 0.2) is 5.16 Å². The van der Waals surface area contributed by atoms with Crippen molar-refractivity contribution >= 4 is 35.0 Å². The zero-order valence-corrected chi connectivity index (χ0v) is 15.3. The summed E-state index contributed by atoms with van der Waals surface area (Å²) < 4.78 is 15.3. The van der Waals surface area contributed by atoms with Gasteiger partial charge in [-0.15, -0.1) is 10.2 Å². The molecular weight excluding hydrogens is 363 g/mol. The van der Waals surface area contributed by atoms with E-state index in [1.54, 1.807) is 0 Å². The largest absolute Gasteiger partial charge is 0.324 e. The number of halogens is 2. The number of benzene rings is 1. The van der Waals surface area contributed by atoms with Crippen molar-refractivity contribution in [3.05, 3.63) is 34.9 Å². The van der Waals surface area contributed by atoms with Crippen LogP contribution in [-0.4, -0.2) is 25.9 Å². The fraction of sp³-hybridized carbons (Fsp3) is 0.471. The molecule has 5 nitrogen and oxygen atoms in total. The molecule has 132 valence electrons. The highest BCUT2D eigenvalue weighted by atomic mass is 35.5. The second-order valence-corrected chi connectivity index (χ2v) is 8.30. The summed E-state index contributed by atoms with van der Waals surface area (Å²) in [5, 5.41) is 12.0. The Labute approximate surface area is 154 Å². The zero-order chi connectivity index (χ0) is 17.6. The number of hydrogen-bond donors (Lipinski definition) is 1. The first-order valence-electron chi connectivity index (χ1n) is 8.40. The van der Waals surface area contributed by atoms with Gasteiger partial charge in [-0.2, -0.15) is 0 Å². The van der Waals surface area contributed by atoms with Crippen LogP contribution in [0.2, 0.25) is 5.02 Å². The van der Waals surface area contributed by atoms with E-state index in [4.69, 9.17) is 11.6 Å². The molecule has 1 aromatic carbocycles. The quantitative estimate of drug-likeness (QED) is 0.754. The van der Waals surface area contributed by atoms with Gasteiger partial charge in [0.1, 0.15) is 11.6 Å². The van der Waals surface area contributed by atoms with Gasteiger partial charge < -0.3 is 9.88 Å². The average molecular weight is 381 g/mol. The van der Waals surface area contributed by atoms with Gasteiger partial charge in [0.25, 0.3) is 0 Å². The molecule has 0 radical (unpaired) electrons. The lowest BCUT2D eigenvalue weighted by Gasteiger charge is -2.14. The molecule has 2 aliphatic carbocycles. The number of amides is 1. The van der Waals surface area contributed by atoms with Crippen molar-refractivity contribution in [2.75, 3.05) is 5.32 Å². The molecule has 1 atom stereocenters. The van der Waals surface area contributed by atoms with Gasteiger partial charge in [-0.25, -0.2) is 4.39 Å². The van der Waals surface area contributed by atoms with Gasteiger partial charge in [0.05, 0.1) is 16.0 Å². The van der Waals surface area contributed by atoms with E-state index < -0.39 is 5.82 Å². The van der Waals surface area contributed by atoms with Crippen LogP contribution in [0, 0.1) is 5.82 Å². The van der Waals surface area contributed by atoms with Crippen molar-refractivity contribution in [1.82, 2.24) is 14.8 Å². The molecule has 8 heteroatoms. The van der Waals surface area contributed by atoms with Crippen molar-refractivity contribution in [2.45, 2.75) is 55.0 Å². The fourth-order valence-electron chi connectivity index (χ4n) is 2.70. The summed E-state index contributed by atoms with van der Waals surface area (Å²) in [6.45, 7) is 1.82. The Kier molecular flexibility index (Phi) is 4.45. The van der Waals surface area contributed by atoms with Gasteiger partial charge in [-0.3, -0.25) is 4.79 Å². The van der Waals surface area contributed by atoms with Crippen molar-refractivity contribution in [2.24, 2.45) is 0 Å². The SMILES string of the molecule is CC(Sc1nnc(C2CC2)n1C1CC1)C(=O)Nc1ccc(F)cc1Cl.